The topological polar surface area (TPSA) is 140 Å². The van der Waals surface area contributed by atoms with Gasteiger partial charge in [-0.15, -0.1) is 11.8 Å². The number of benzene rings is 4. The van der Waals surface area contributed by atoms with Crippen molar-refractivity contribution in [1.29, 1.82) is 0 Å². The molecule has 2 saturated heterocycles. The van der Waals surface area contributed by atoms with Crippen molar-refractivity contribution in [1.82, 2.24) is 24.7 Å². The van der Waals surface area contributed by atoms with Crippen LogP contribution in [-0.2, 0) is 10.0 Å². The number of nitro groups is 1. The predicted octanol–water partition coefficient (Wildman–Crippen LogP) is 8.99. The summed E-state index contributed by atoms with van der Waals surface area (Å²) in [4.78, 5) is 31.3. The molecule has 3 aliphatic rings. The quantitative estimate of drug-likeness (QED) is 0.0555. The van der Waals surface area contributed by atoms with Gasteiger partial charge < -0.3 is 20.0 Å². The van der Waals surface area contributed by atoms with Gasteiger partial charge in [0.25, 0.3) is 15.7 Å². The first-order chi connectivity index (χ1) is 30.8. The first kappa shape index (κ1) is 45.8. The minimum atomic E-state index is -4.27. The van der Waals surface area contributed by atoms with Gasteiger partial charge in [-0.25, -0.2) is 18.4 Å². The van der Waals surface area contributed by atoms with Gasteiger partial charge >= 0.3 is 0 Å². The zero-order chi connectivity index (χ0) is 44.8. The molecule has 2 aliphatic heterocycles. The van der Waals surface area contributed by atoms with Gasteiger partial charge in [0, 0.05) is 104 Å². The highest BCUT2D eigenvalue weighted by atomic mass is 35.5. The largest absolute Gasteiger partial charge is 0.376 e. The van der Waals surface area contributed by atoms with Gasteiger partial charge in [0.05, 0.1) is 15.3 Å². The van der Waals surface area contributed by atoms with Crippen LogP contribution < -0.4 is 14.9 Å². The molecule has 16 heteroatoms. The van der Waals surface area contributed by atoms with E-state index in [-0.39, 0.29) is 33.5 Å². The Morgan fingerprint density at radius 3 is 2.36 bits per heavy atom. The van der Waals surface area contributed by atoms with Crippen LogP contribution in [0, 0.1) is 15.5 Å². The summed E-state index contributed by atoms with van der Waals surface area (Å²) in [5.41, 5.74) is 6.07. The van der Waals surface area contributed by atoms with Gasteiger partial charge in [-0.2, -0.15) is 0 Å². The summed E-state index contributed by atoms with van der Waals surface area (Å²) < 4.78 is 30.4. The summed E-state index contributed by atoms with van der Waals surface area (Å²) in [6.45, 7) is 14.0. The minimum Gasteiger partial charge on any atom is -0.376 e. The molecule has 13 nitrogen and oxygen atoms in total. The number of likely N-dealkylation sites (N-methyl/N-ethyl adjacent to an activating group) is 1. The van der Waals surface area contributed by atoms with Crippen LogP contribution >= 0.6 is 23.4 Å². The van der Waals surface area contributed by atoms with E-state index in [1.807, 2.05) is 48.5 Å². The fourth-order valence-electron chi connectivity index (χ4n) is 9.00. The van der Waals surface area contributed by atoms with E-state index in [9.17, 15) is 18.5 Å². The molecular weight excluding hydrogens is 866 g/mol. The van der Waals surface area contributed by atoms with Crippen molar-refractivity contribution in [3.63, 3.8) is 0 Å². The van der Waals surface area contributed by atoms with Crippen molar-refractivity contribution in [3.05, 3.63) is 124 Å². The van der Waals surface area contributed by atoms with Gasteiger partial charge in [-0.3, -0.25) is 19.7 Å². The number of fused-ring (bicyclic) bond motifs is 1. The molecule has 338 valence electrons. The van der Waals surface area contributed by atoms with Crippen LogP contribution in [-0.4, -0.2) is 122 Å². The van der Waals surface area contributed by atoms with Gasteiger partial charge in [-0.05, 0) is 104 Å². The van der Waals surface area contributed by atoms with Crippen molar-refractivity contribution >= 4 is 72.7 Å². The molecule has 1 atom stereocenters. The normalized spacial score (nSPS) is 18.3. The maximum Gasteiger partial charge on any atom is 0.293 e. The molecule has 0 amide bonds. The number of allylic oxidation sites excluding steroid dienone is 1. The second-order valence-electron chi connectivity index (χ2n) is 18.1. The van der Waals surface area contributed by atoms with Crippen LogP contribution in [0.15, 0.2) is 113 Å². The number of anilines is 3. The van der Waals surface area contributed by atoms with Gasteiger partial charge in [0.1, 0.15) is 12.0 Å². The molecule has 5 aromatic rings. The highest BCUT2D eigenvalue weighted by Crippen LogP contribution is 2.43. The first-order valence-corrected chi connectivity index (χ1v) is 25.0. The predicted molar refractivity (Wildman–Crippen MR) is 261 cm³/mol. The molecule has 0 saturated carbocycles. The Balaban J connectivity index is 0.935. The average Bonchev–Trinajstić information content (AvgIpc) is 3.28. The Morgan fingerprint density at radius 1 is 0.891 bits per heavy atom. The third kappa shape index (κ3) is 11.5. The minimum absolute atomic E-state index is 0.105. The van der Waals surface area contributed by atoms with Crippen LogP contribution in [0.2, 0.25) is 5.02 Å². The fraction of sp³-hybridized carbons (Fsp3) is 0.417. The molecule has 1 aromatic heterocycles. The number of thioether (sulfide) groups is 1. The Kier molecular flexibility index (Phi) is 14.4. The molecule has 64 heavy (non-hydrogen) atoms. The van der Waals surface area contributed by atoms with E-state index in [1.54, 1.807) is 11.8 Å². The number of aromatic nitrogens is 2. The third-order valence-electron chi connectivity index (χ3n) is 12.8. The van der Waals surface area contributed by atoms with Crippen molar-refractivity contribution in [3.8, 4) is 0 Å². The Labute approximate surface area is 386 Å². The molecule has 1 aliphatic carbocycles. The molecule has 0 unspecified atom stereocenters. The van der Waals surface area contributed by atoms with Crippen molar-refractivity contribution in [2.75, 3.05) is 93.2 Å². The number of hydrogen-bond acceptors (Lipinski definition) is 12. The number of nitrogens with one attached hydrogen (secondary N) is 2. The number of nitrogens with zero attached hydrogens (tertiary/aromatic N) is 7. The molecule has 0 radical (unpaired) electrons. The number of rotatable bonds is 16. The smallest absolute Gasteiger partial charge is 0.293 e. The SMILES string of the molecule is CN1CCN(CC[C@H](CSc2ccccc2)Nc2ccc(S(=O)(=O)Nc3ncnc4cc(N5CCN(CC6=C(c7ccc(Cl)cc7)CCC(C)(C)C6)CC5)ccc34)cc2[N+](=O)[O-])CC1. The molecular formula is C48H58ClN9O4S2. The van der Waals surface area contributed by atoms with Gasteiger partial charge in [0.15, 0.2) is 5.82 Å². The number of nitro benzene ring substituents is 1. The zero-order valence-electron chi connectivity index (χ0n) is 36.9. The lowest BCUT2D eigenvalue weighted by Crippen LogP contribution is -2.47. The van der Waals surface area contributed by atoms with E-state index >= 15 is 0 Å². The van der Waals surface area contributed by atoms with E-state index in [2.05, 4.69) is 84.8 Å². The second kappa shape index (κ2) is 20.2. The van der Waals surface area contributed by atoms with Crippen LogP contribution in [0.5, 0.6) is 0 Å². The van der Waals surface area contributed by atoms with Crippen LogP contribution in [0.25, 0.3) is 16.5 Å². The lowest BCUT2D eigenvalue weighted by molar-refractivity contribution is -0.384. The molecule has 3 heterocycles. The summed E-state index contributed by atoms with van der Waals surface area (Å²) in [5.74, 6) is 0.784. The first-order valence-electron chi connectivity index (χ1n) is 22.1. The van der Waals surface area contributed by atoms with Crippen LogP contribution in [0.4, 0.5) is 22.9 Å². The number of halogens is 1. The third-order valence-corrected chi connectivity index (χ3v) is 15.5. The second-order valence-corrected chi connectivity index (χ2v) is 21.3. The van der Waals surface area contributed by atoms with Gasteiger partial charge in [-0.1, -0.05) is 61.4 Å². The number of sulfonamides is 1. The van der Waals surface area contributed by atoms with Crippen molar-refractivity contribution in [2.24, 2.45) is 5.41 Å². The summed E-state index contributed by atoms with van der Waals surface area (Å²) in [5, 5.41) is 17.2. The van der Waals surface area contributed by atoms with E-state index < -0.39 is 14.9 Å². The van der Waals surface area contributed by atoms with Crippen molar-refractivity contribution < 1.29 is 13.3 Å². The maximum atomic E-state index is 13.9. The van der Waals surface area contributed by atoms with E-state index in [1.165, 1.54) is 35.2 Å². The molecule has 0 spiro atoms. The van der Waals surface area contributed by atoms with Gasteiger partial charge in [0.2, 0.25) is 0 Å². The highest BCUT2D eigenvalue weighted by molar-refractivity contribution is 7.99. The lowest BCUT2D eigenvalue weighted by Gasteiger charge is -2.39. The molecule has 2 fully saturated rings. The summed E-state index contributed by atoms with van der Waals surface area (Å²) in [6.07, 6.45) is 5.42. The molecule has 8 rings (SSSR count). The van der Waals surface area contributed by atoms with Crippen molar-refractivity contribution in [2.45, 2.75) is 55.4 Å². The van der Waals surface area contributed by atoms with E-state index in [0.717, 1.165) is 113 Å². The maximum absolute atomic E-state index is 13.9. The lowest BCUT2D eigenvalue weighted by atomic mass is 9.73. The highest BCUT2D eigenvalue weighted by Gasteiger charge is 2.30. The van der Waals surface area contributed by atoms with E-state index in [0.29, 0.717) is 16.7 Å². The summed E-state index contributed by atoms with van der Waals surface area (Å²) in [6, 6.07) is 28.0. The summed E-state index contributed by atoms with van der Waals surface area (Å²) >= 11 is 7.91. The van der Waals surface area contributed by atoms with E-state index in [4.69, 9.17) is 11.6 Å². The Bertz CT molecular complexity index is 2560. The zero-order valence-corrected chi connectivity index (χ0v) is 39.3. The molecule has 2 N–H and O–H groups in total. The summed E-state index contributed by atoms with van der Waals surface area (Å²) in [7, 11) is -2.15. The standard InChI is InChI=1S/C48H58ClN9O4S2/c1-48(2)19-17-42(35-9-11-37(49)12-10-35)36(31-48)32-56-25-27-57(28-26-56)39-13-15-43-45(29-39)50-34-51-47(43)53-64(61,62)41-14-16-44(46(30-41)58(59)60)52-38(33-63-40-7-5-4-6-8-40)18-20-55-23-21-54(3)22-24-55/h4-16,29-30,34,38,52H,17-28,31-33H2,1-3H3,(H,50,51,53)/t38-/m1/s1. The molecule has 4 aromatic carbocycles. The fourth-order valence-corrected chi connectivity index (χ4v) is 11.2. The Hall–Kier alpha value is -4.77. The monoisotopic (exact) mass is 923 g/mol. The number of hydrogen-bond donors (Lipinski definition) is 2. The van der Waals surface area contributed by atoms with Crippen LogP contribution in [0.3, 0.4) is 0 Å². The Morgan fingerprint density at radius 2 is 1.62 bits per heavy atom. The molecule has 0 bridgehead atoms. The van der Waals surface area contributed by atoms with Crippen LogP contribution in [0.1, 0.15) is 45.1 Å². The number of piperazine rings is 2. The average molecular weight is 925 g/mol.